The zero-order valence-electron chi connectivity index (χ0n) is 10.0. The Kier molecular flexibility index (Phi) is 3.88. The lowest BCUT2D eigenvalue weighted by Crippen LogP contribution is -2.32. The van der Waals surface area contributed by atoms with Crippen molar-refractivity contribution in [2.45, 2.75) is 44.6 Å². The molecule has 1 aliphatic rings. The fraction of sp³-hybridized carbons (Fsp3) is 0.571. The van der Waals surface area contributed by atoms with Crippen molar-refractivity contribution in [1.82, 2.24) is 0 Å². The maximum absolute atomic E-state index is 13.1. The highest BCUT2D eigenvalue weighted by molar-refractivity contribution is 9.10. The van der Waals surface area contributed by atoms with E-state index in [-0.39, 0.29) is 5.82 Å². The van der Waals surface area contributed by atoms with Crippen LogP contribution in [-0.2, 0) is 6.42 Å². The quantitative estimate of drug-likeness (QED) is 0.888. The van der Waals surface area contributed by atoms with E-state index < -0.39 is 5.60 Å². The molecule has 0 spiro atoms. The Hall–Kier alpha value is -0.410. The van der Waals surface area contributed by atoms with E-state index in [2.05, 4.69) is 15.9 Å². The van der Waals surface area contributed by atoms with Gasteiger partial charge in [-0.05, 0) is 52.9 Å². The fourth-order valence-electron chi connectivity index (χ4n) is 2.48. The maximum Gasteiger partial charge on any atom is 0.137 e. The first-order valence-corrected chi connectivity index (χ1v) is 6.92. The van der Waals surface area contributed by atoms with Crippen molar-refractivity contribution >= 4 is 15.9 Å². The van der Waals surface area contributed by atoms with Gasteiger partial charge in [-0.3, -0.25) is 0 Å². The Morgan fingerprint density at radius 2 is 2.18 bits per heavy atom. The Balaban J connectivity index is 2.00. The molecular weight excluding hydrogens is 283 g/mol. The number of hydrogen-bond donors (Lipinski definition) is 1. The summed E-state index contributed by atoms with van der Waals surface area (Å²) >= 11 is 3.17. The molecule has 0 aromatic heterocycles. The molecule has 1 aliphatic carbocycles. The minimum atomic E-state index is -0.678. The Morgan fingerprint density at radius 1 is 1.47 bits per heavy atom. The summed E-state index contributed by atoms with van der Waals surface area (Å²) in [5.41, 5.74) is 0.296. The van der Waals surface area contributed by atoms with E-state index >= 15 is 0 Å². The van der Waals surface area contributed by atoms with Crippen LogP contribution in [0.2, 0.25) is 0 Å². The molecule has 17 heavy (non-hydrogen) atoms. The normalized spacial score (nSPS) is 19.8. The molecule has 1 atom stereocenters. The second-order valence-corrected chi connectivity index (χ2v) is 6.28. The lowest BCUT2D eigenvalue weighted by Gasteiger charge is -2.33. The van der Waals surface area contributed by atoms with Gasteiger partial charge in [-0.15, -0.1) is 0 Å². The van der Waals surface area contributed by atoms with Crippen LogP contribution in [-0.4, -0.2) is 10.7 Å². The van der Waals surface area contributed by atoms with Gasteiger partial charge in [-0.1, -0.05) is 25.3 Å². The van der Waals surface area contributed by atoms with Crippen molar-refractivity contribution in [3.63, 3.8) is 0 Å². The Bertz CT molecular complexity index is 399. The van der Waals surface area contributed by atoms with Crippen LogP contribution in [0.4, 0.5) is 4.39 Å². The highest BCUT2D eigenvalue weighted by Gasteiger charge is 2.29. The predicted molar refractivity (Wildman–Crippen MR) is 70.4 cm³/mol. The van der Waals surface area contributed by atoms with Crippen LogP contribution in [0.15, 0.2) is 22.7 Å². The van der Waals surface area contributed by atoms with Crippen LogP contribution in [0.25, 0.3) is 0 Å². The van der Waals surface area contributed by atoms with Gasteiger partial charge < -0.3 is 5.11 Å². The summed E-state index contributed by atoms with van der Waals surface area (Å²) in [7, 11) is 0. The first-order chi connectivity index (χ1) is 7.96. The molecule has 1 aromatic carbocycles. The van der Waals surface area contributed by atoms with E-state index in [1.54, 1.807) is 12.1 Å². The minimum Gasteiger partial charge on any atom is -0.390 e. The zero-order chi connectivity index (χ0) is 12.5. The zero-order valence-corrected chi connectivity index (χ0v) is 11.6. The van der Waals surface area contributed by atoms with Gasteiger partial charge in [0.1, 0.15) is 5.82 Å². The Labute approximate surface area is 110 Å². The first kappa shape index (κ1) is 13.0. The lowest BCUT2D eigenvalue weighted by molar-refractivity contribution is 0.0204. The van der Waals surface area contributed by atoms with Gasteiger partial charge in [-0.2, -0.15) is 0 Å². The monoisotopic (exact) mass is 300 g/mol. The van der Waals surface area contributed by atoms with Crippen LogP contribution < -0.4 is 0 Å². The third-order valence-electron chi connectivity index (χ3n) is 3.52. The molecule has 1 nitrogen and oxygen atoms in total. The maximum atomic E-state index is 13.1. The van der Waals surface area contributed by atoms with Crippen molar-refractivity contribution in [2.24, 2.45) is 5.92 Å². The third kappa shape index (κ3) is 3.52. The first-order valence-electron chi connectivity index (χ1n) is 6.13. The SMILES string of the molecule is CC(O)(Cc1ccc(F)c(Br)c1)CC1CCC1. The summed E-state index contributed by atoms with van der Waals surface area (Å²) in [6.45, 7) is 1.88. The minimum absolute atomic E-state index is 0.257. The second kappa shape index (κ2) is 5.07. The number of aliphatic hydroxyl groups is 1. The topological polar surface area (TPSA) is 20.2 Å². The van der Waals surface area contributed by atoms with Gasteiger partial charge in [0.05, 0.1) is 10.1 Å². The van der Waals surface area contributed by atoms with Gasteiger partial charge in [0.15, 0.2) is 0 Å². The van der Waals surface area contributed by atoms with Crippen LogP contribution in [0.3, 0.4) is 0 Å². The second-order valence-electron chi connectivity index (χ2n) is 5.42. The summed E-state index contributed by atoms with van der Waals surface area (Å²) < 4.78 is 13.6. The molecule has 2 rings (SSSR count). The molecular formula is C14H18BrFO. The average molecular weight is 301 g/mol. The molecule has 1 saturated carbocycles. The summed E-state index contributed by atoms with van der Waals surface area (Å²) in [5.74, 6) is 0.418. The van der Waals surface area contributed by atoms with Crippen LogP contribution in [0.1, 0.15) is 38.2 Å². The molecule has 1 N–H and O–H groups in total. The smallest absolute Gasteiger partial charge is 0.137 e. The van der Waals surface area contributed by atoms with E-state index in [0.717, 1.165) is 12.0 Å². The van der Waals surface area contributed by atoms with Crippen molar-refractivity contribution in [1.29, 1.82) is 0 Å². The largest absolute Gasteiger partial charge is 0.390 e. The summed E-state index contributed by atoms with van der Waals surface area (Å²) in [6, 6.07) is 4.94. The van der Waals surface area contributed by atoms with Crippen LogP contribution >= 0.6 is 15.9 Å². The van der Waals surface area contributed by atoms with Crippen molar-refractivity contribution in [3.05, 3.63) is 34.1 Å². The number of halogens is 2. The lowest BCUT2D eigenvalue weighted by atomic mass is 9.76. The van der Waals surface area contributed by atoms with Crippen molar-refractivity contribution in [2.75, 3.05) is 0 Å². The fourth-order valence-corrected chi connectivity index (χ4v) is 2.91. The van der Waals surface area contributed by atoms with Crippen LogP contribution in [0, 0.1) is 11.7 Å². The van der Waals surface area contributed by atoms with Gasteiger partial charge in [0.25, 0.3) is 0 Å². The van der Waals surface area contributed by atoms with E-state index in [4.69, 9.17) is 0 Å². The standard InChI is InChI=1S/C14H18BrFO/c1-14(17,8-10-3-2-4-10)9-11-5-6-13(16)12(15)7-11/h5-7,10,17H,2-4,8-9H2,1H3. The highest BCUT2D eigenvalue weighted by atomic mass is 79.9. The van der Waals surface area contributed by atoms with Crippen LogP contribution in [0.5, 0.6) is 0 Å². The van der Waals surface area contributed by atoms with Gasteiger partial charge in [-0.25, -0.2) is 4.39 Å². The highest BCUT2D eigenvalue weighted by Crippen LogP contribution is 2.35. The average Bonchev–Trinajstić information content (AvgIpc) is 2.18. The molecule has 1 unspecified atom stereocenters. The number of benzene rings is 1. The molecule has 3 heteroatoms. The molecule has 0 bridgehead atoms. The van der Waals surface area contributed by atoms with Crippen molar-refractivity contribution in [3.8, 4) is 0 Å². The van der Waals surface area contributed by atoms with Gasteiger partial charge in [0.2, 0.25) is 0 Å². The molecule has 1 aromatic rings. The molecule has 1 fully saturated rings. The molecule has 0 heterocycles. The molecule has 0 saturated heterocycles. The number of hydrogen-bond acceptors (Lipinski definition) is 1. The summed E-state index contributed by atoms with van der Waals surface area (Å²) in [5, 5.41) is 10.4. The summed E-state index contributed by atoms with van der Waals surface area (Å²) in [6.07, 6.45) is 5.21. The van der Waals surface area contributed by atoms with Gasteiger partial charge >= 0.3 is 0 Å². The molecule has 0 aliphatic heterocycles. The van der Waals surface area contributed by atoms with E-state index in [0.29, 0.717) is 16.8 Å². The molecule has 0 radical (unpaired) electrons. The Morgan fingerprint density at radius 3 is 2.71 bits per heavy atom. The molecule has 94 valence electrons. The van der Waals surface area contributed by atoms with Crippen molar-refractivity contribution < 1.29 is 9.50 Å². The predicted octanol–water partition coefficient (Wildman–Crippen LogP) is 4.07. The van der Waals surface area contributed by atoms with E-state index in [9.17, 15) is 9.50 Å². The van der Waals surface area contributed by atoms with E-state index in [1.165, 1.54) is 25.3 Å². The summed E-state index contributed by atoms with van der Waals surface area (Å²) in [4.78, 5) is 0. The van der Waals surface area contributed by atoms with Gasteiger partial charge in [0, 0.05) is 6.42 Å². The molecule has 0 amide bonds. The number of rotatable bonds is 4. The third-order valence-corrected chi connectivity index (χ3v) is 4.13. The van der Waals surface area contributed by atoms with E-state index in [1.807, 2.05) is 6.92 Å².